The molecule has 1 amide bonds. The van der Waals surface area contributed by atoms with E-state index >= 15 is 0 Å². The first-order valence-electron chi connectivity index (χ1n) is 9.76. The first-order valence-corrected chi connectivity index (χ1v) is 9.76. The van der Waals surface area contributed by atoms with Gasteiger partial charge < -0.3 is 28.8 Å². The second-order valence-electron chi connectivity index (χ2n) is 7.67. The number of hydrogen-bond donors (Lipinski definition) is 1. The van der Waals surface area contributed by atoms with Gasteiger partial charge in [-0.1, -0.05) is 0 Å². The summed E-state index contributed by atoms with van der Waals surface area (Å²) in [6.07, 6.45) is 0.681. The van der Waals surface area contributed by atoms with Crippen LogP contribution in [-0.2, 0) is 9.59 Å². The lowest BCUT2D eigenvalue weighted by Gasteiger charge is -2.24. The number of nitrogens with zero attached hydrogens (tertiary/aromatic N) is 2. The number of fused-ring (bicyclic) bond motifs is 1. The molecule has 3 heterocycles. The molecule has 2 aromatic rings. The SMILES string of the molecule is Cc1ccc(C2C(=C(O)c3ccc4c(c3)OCO4)C(=O)C(=O)N2CCCN(C)C)o1. The normalized spacial score (nSPS) is 19.9. The van der Waals surface area contributed by atoms with E-state index in [1.165, 1.54) is 4.90 Å². The summed E-state index contributed by atoms with van der Waals surface area (Å²) in [4.78, 5) is 29.3. The van der Waals surface area contributed by atoms with Crippen molar-refractivity contribution >= 4 is 17.4 Å². The lowest BCUT2D eigenvalue weighted by molar-refractivity contribution is -0.140. The number of aliphatic hydroxyl groups excluding tert-OH is 1. The zero-order valence-corrected chi connectivity index (χ0v) is 17.2. The van der Waals surface area contributed by atoms with E-state index in [9.17, 15) is 14.7 Å². The molecule has 1 aromatic heterocycles. The highest BCUT2D eigenvalue weighted by Gasteiger charge is 2.47. The molecule has 0 bridgehead atoms. The number of carbonyl (C=O) groups excluding carboxylic acids is 2. The molecule has 8 heteroatoms. The Hall–Kier alpha value is -3.26. The molecule has 0 spiro atoms. The highest BCUT2D eigenvalue weighted by Crippen LogP contribution is 2.41. The minimum absolute atomic E-state index is 0.0121. The molecule has 1 aromatic carbocycles. The van der Waals surface area contributed by atoms with Gasteiger partial charge in [-0.15, -0.1) is 0 Å². The molecule has 4 rings (SSSR count). The van der Waals surface area contributed by atoms with E-state index in [-0.39, 0.29) is 18.1 Å². The fourth-order valence-corrected chi connectivity index (χ4v) is 3.76. The summed E-state index contributed by atoms with van der Waals surface area (Å²) in [5, 5.41) is 11.0. The molecular weight excluding hydrogens is 388 g/mol. The van der Waals surface area contributed by atoms with Crippen LogP contribution >= 0.6 is 0 Å². The second kappa shape index (κ2) is 7.87. The van der Waals surface area contributed by atoms with Gasteiger partial charge in [0.15, 0.2) is 11.5 Å². The Morgan fingerprint density at radius 2 is 1.93 bits per heavy atom. The molecule has 0 radical (unpaired) electrons. The smallest absolute Gasteiger partial charge is 0.295 e. The highest BCUT2D eigenvalue weighted by atomic mass is 16.7. The van der Waals surface area contributed by atoms with Gasteiger partial charge in [-0.05, 0) is 64.3 Å². The van der Waals surface area contributed by atoms with E-state index in [4.69, 9.17) is 13.9 Å². The van der Waals surface area contributed by atoms with Crippen LogP contribution in [-0.4, -0.2) is 60.6 Å². The fourth-order valence-electron chi connectivity index (χ4n) is 3.76. The van der Waals surface area contributed by atoms with Gasteiger partial charge in [-0.3, -0.25) is 9.59 Å². The van der Waals surface area contributed by atoms with Crippen LogP contribution in [0.5, 0.6) is 11.5 Å². The molecule has 158 valence electrons. The van der Waals surface area contributed by atoms with E-state index in [1.807, 2.05) is 19.0 Å². The number of furan rings is 1. The summed E-state index contributed by atoms with van der Waals surface area (Å²) in [5.74, 6) is 0.509. The van der Waals surface area contributed by atoms with Crippen LogP contribution in [0, 0.1) is 6.92 Å². The van der Waals surface area contributed by atoms with Gasteiger partial charge in [-0.25, -0.2) is 0 Å². The number of rotatable bonds is 6. The Morgan fingerprint density at radius 1 is 1.17 bits per heavy atom. The van der Waals surface area contributed by atoms with Crippen molar-refractivity contribution in [2.75, 3.05) is 34.0 Å². The van der Waals surface area contributed by atoms with Crippen LogP contribution in [0.15, 0.2) is 40.3 Å². The van der Waals surface area contributed by atoms with Gasteiger partial charge in [0.25, 0.3) is 11.7 Å². The number of Topliss-reactive ketones (excluding diaryl/α,β-unsaturated/α-hetero) is 1. The standard InChI is InChI=1S/C22H24N2O6/c1-13-5-7-16(30-13)19-18(21(26)22(27)24(19)10-4-9-23(2)3)20(25)14-6-8-15-17(11-14)29-12-28-15/h5-8,11,19,25H,4,9-10,12H2,1-3H3. The Morgan fingerprint density at radius 3 is 2.63 bits per heavy atom. The second-order valence-corrected chi connectivity index (χ2v) is 7.67. The van der Waals surface area contributed by atoms with Gasteiger partial charge in [0.1, 0.15) is 23.3 Å². The number of aryl methyl sites for hydroxylation is 1. The third-order valence-corrected chi connectivity index (χ3v) is 5.22. The third-order valence-electron chi connectivity index (χ3n) is 5.22. The molecular formula is C22H24N2O6. The Balaban J connectivity index is 1.76. The van der Waals surface area contributed by atoms with Crippen molar-refractivity contribution in [2.24, 2.45) is 0 Å². The van der Waals surface area contributed by atoms with Crippen molar-refractivity contribution in [3.05, 3.63) is 53.0 Å². The molecule has 2 aliphatic heterocycles. The summed E-state index contributed by atoms with van der Waals surface area (Å²) in [5.41, 5.74) is 0.386. The van der Waals surface area contributed by atoms with Gasteiger partial charge in [-0.2, -0.15) is 0 Å². The Kier molecular flexibility index (Phi) is 5.26. The average Bonchev–Trinajstić information content (AvgIpc) is 3.41. The summed E-state index contributed by atoms with van der Waals surface area (Å²) >= 11 is 0. The average molecular weight is 412 g/mol. The number of aliphatic hydroxyl groups is 1. The minimum atomic E-state index is -0.786. The largest absolute Gasteiger partial charge is 0.507 e. The highest BCUT2D eigenvalue weighted by molar-refractivity contribution is 6.46. The van der Waals surface area contributed by atoms with Crippen molar-refractivity contribution in [3.8, 4) is 11.5 Å². The van der Waals surface area contributed by atoms with Gasteiger partial charge in [0.05, 0.1) is 5.57 Å². The molecule has 8 nitrogen and oxygen atoms in total. The predicted octanol–water partition coefficient (Wildman–Crippen LogP) is 2.69. The molecule has 1 atom stereocenters. The summed E-state index contributed by atoms with van der Waals surface area (Å²) in [6.45, 7) is 3.02. The molecule has 1 N–H and O–H groups in total. The first kappa shape index (κ1) is 20.0. The molecule has 1 unspecified atom stereocenters. The maximum Gasteiger partial charge on any atom is 0.295 e. The Bertz CT molecular complexity index is 1020. The summed E-state index contributed by atoms with van der Waals surface area (Å²) < 4.78 is 16.4. The predicted molar refractivity (Wildman–Crippen MR) is 108 cm³/mol. The van der Waals surface area contributed by atoms with E-state index in [2.05, 4.69) is 0 Å². The number of carbonyl (C=O) groups is 2. The first-order chi connectivity index (χ1) is 14.4. The maximum atomic E-state index is 12.9. The molecule has 1 fully saturated rings. The number of ketones is 1. The van der Waals surface area contributed by atoms with E-state index in [0.717, 1.165) is 6.54 Å². The number of amides is 1. The van der Waals surface area contributed by atoms with Crippen LogP contribution in [0.2, 0.25) is 0 Å². The van der Waals surface area contributed by atoms with Gasteiger partial charge in [0.2, 0.25) is 6.79 Å². The number of benzene rings is 1. The third kappa shape index (κ3) is 3.54. The van der Waals surface area contributed by atoms with Gasteiger partial charge >= 0.3 is 0 Å². The van der Waals surface area contributed by atoms with E-state index in [0.29, 0.717) is 41.5 Å². The topological polar surface area (TPSA) is 92.4 Å². The number of hydrogen-bond acceptors (Lipinski definition) is 7. The number of likely N-dealkylation sites (tertiary alicyclic amines) is 1. The van der Waals surface area contributed by atoms with Crippen LogP contribution < -0.4 is 9.47 Å². The molecule has 2 aliphatic rings. The molecule has 0 aliphatic carbocycles. The van der Waals surface area contributed by atoms with Crippen LogP contribution in [0.4, 0.5) is 0 Å². The van der Waals surface area contributed by atoms with Crippen molar-refractivity contribution < 1.29 is 28.6 Å². The minimum Gasteiger partial charge on any atom is -0.507 e. The lowest BCUT2D eigenvalue weighted by Crippen LogP contribution is -2.32. The van der Waals surface area contributed by atoms with Crippen molar-refractivity contribution in [1.29, 1.82) is 0 Å². The van der Waals surface area contributed by atoms with Crippen molar-refractivity contribution in [2.45, 2.75) is 19.4 Å². The van der Waals surface area contributed by atoms with Crippen molar-refractivity contribution in [3.63, 3.8) is 0 Å². The fraction of sp³-hybridized carbons (Fsp3) is 0.364. The van der Waals surface area contributed by atoms with Crippen LogP contribution in [0.25, 0.3) is 5.76 Å². The van der Waals surface area contributed by atoms with Crippen molar-refractivity contribution in [1.82, 2.24) is 9.80 Å². The van der Waals surface area contributed by atoms with E-state index in [1.54, 1.807) is 37.3 Å². The zero-order valence-electron chi connectivity index (χ0n) is 17.2. The number of ether oxygens (including phenoxy) is 2. The van der Waals surface area contributed by atoms with Crippen LogP contribution in [0.3, 0.4) is 0 Å². The quantitative estimate of drug-likeness (QED) is 0.443. The zero-order chi connectivity index (χ0) is 21.4. The van der Waals surface area contributed by atoms with E-state index < -0.39 is 17.7 Å². The van der Waals surface area contributed by atoms with Crippen LogP contribution in [0.1, 0.15) is 29.5 Å². The summed E-state index contributed by atoms with van der Waals surface area (Å²) in [7, 11) is 3.89. The lowest BCUT2D eigenvalue weighted by atomic mass is 9.99. The Labute approximate surface area is 174 Å². The molecule has 30 heavy (non-hydrogen) atoms. The monoisotopic (exact) mass is 412 g/mol. The van der Waals surface area contributed by atoms with Gasteiger partial charge in [0, 0.05) is 12.1 Å². The molecule has 0 saturated carbocycles. The maximum absolute atomic E-state index is 12.9. The summed E-state index contributed by atoms with van der Waals surface area (Å²) in [6, 6.07) is 7.62. The molecule has 1 saturated heterocycles.